The molecular weight excluding hydrogens is 382 g/mol. The van der Waals surface area contributed by atoms with Gasteiger partial charge in [0, 0.05) is 23.9 Å². The van der Waals surface area contributed by atoms with Crippen LogP contribution in [0.4, 0.5) is 5.69 Å². The number of guanidine groups is 1. The van der Waals surface area contributed by atoms with Gasteiger partial charge in [0.05, 0.1) is 26.9 Å². The van der Waals surface area contributed by atoms with Gasteiger partial charge >= 0.3 is 0 Å². The second kappa shape index (κ2) is 10.1. The molecule has 30 heavy (non-hydrogen) atoms. The Hall–Kier alpha value is -3.06. The lowest BCUT2D eigenvalue weighted by Crippen LogP contribution is -2.37. The lowest BCUT2D eigenvalue weighted by Gasteiger charge is -2.16. The molecule has 1 aliphatic heterocycles. The van der Waals surface area contributed by atoms with Crippen LogP contribution in [0.2, 0.25) is 0 Å². The van der Waals surface area contributed by atoms with Crippen molar-refractivity contribution in [3.8, 4) is 11.5 Å². The van der Waals surface area contributed by atoms with E-state index in [9.17, 15) is 4.79 Å². The smallest absolute Gasteiger partial charge is 0.258 e. The first-order chi connectivity index (χ1) is 14.5. The number of hydrogen-bond acceptors (Lipinski definition) is 5. The molecule has 2 aromatic carbocycles. The third kappa shape index (κ3) is 5.73. The normalized spacial score (nSPS) is 16.3. The summed E-state index contributed by atoms with van der Waals surface area (Å²) in [5.74, 6) is 1.15. The van der Waals surface area contributed by atoms with Gasteiger partial charge in [0.2, 0.25) is 5.96 Å². The molecule has 7 heteroatoms. The Bertz CT molecular complexity index is 898. The highest BCUT2D eigenvalue weighted by atomic mass is 16.5. The highest BCUT2D eigenvalue weighted by molar-refractivity contribution is 6.10. The van der Waals surface area contributed by atoms with Gasteiger partial charge in [0.25, 0.3) is 5.91 Å². The zero-order chi connectivity index (χ0) is 21.5. The molecule has 0 unspecified atom stereocenters. The molecule has 0 bridgehead atoms. The summed E-state index contributed by atoms with van der Waals surface area (Å²) in [5.41, 5.74) is 3.54. The number of rotatable bonds is 6. The van der Waals surface area contributed by atoms with Crippen LogP contribution in [0.25, 0.3) is 0 Å². The number of nitrogens with zero attached hydrogens (tertiary/aromatic N) is 1. The average molecular weight is 412 g/mol. The number of benzene rings is 2. The second-order valence-corrected chi connectivity index (χ2v) is 7.32. The summed E-state index contributed by atoms with van der Waals surface area (Å²) in [5, 5.41) is 6.14. The minimum absolute atomic E-state index is 0.0785. The first-order valence-electron chi connectivity index (χ1n) is 10.0. The van der Waals surface area contributed by atoms with Crippen LogP contribution in [-0.2, 0) is 4.74 Å². The van der Waals surface area contributed by atoms with E-state index in [2.05, 4.69) is 21.7 Å². The third-order valence-electron chi connectivity index (χ3n) is 4.96. The lowest BCUT2D eigenvalue weighted by atomic mass is 10.1. The fraction of sp³-hybridized carbons (Fsp3) is 0.391. The van der Waals surface area contributed by atoms with E-state index in [1.807, 2.05) is 26.0 Å². The van der Waals surface area contributed by atoms with Gasteiger partial charge in [-0.2, -0.15) is 0 Å². The number of aliphatic imine (C=N–C) groups is 1. The Morgan fingerprint density at radius 1 is 1.13 bits per heavy atom. The van der Waals surface area contributed by atoms with Gasteiger partial charge in [-0.05, 0) is 50.5 Å². The number of amides is 1. The van der Waals surface area contributed by atoms with Crippen molar-refractivity contribution in [2.24, 2.45) is 4.99 Å². The Morgan fingerprint density at radius 2 is 1.87 bits per heavy atom. The molecule has 1 heterocycles. The highest BCUT2D eigenvalue weighted by Crippen LogP contribution is 2.22. The van der Waals surface area contributed by atoms with Crippen molar-refractivity contribution in [3.05, 3.63) is 53.1 Å². The summed E-state index contributed by atoms with van der Waals surface area (Å²) in [7, 11) is 3.10. The summed E-state index contributed by atoms with van der Waals surface area (Å²) < 4.78 is 16.2. The summed E-state index contributed by atoms with van der Waals surface area (Å²) in [4.78, 5) is 17.5. The number of nitrogens with one attached hydrogen (secondary N) is 2. The standard InChI is InChI=1S/C23H29N3O4/c1-15-7-8-21(16(2)10-15)25-23(24-14-18-6-5-9-30-18)26-22(27)17-11-19(28-3)13-20(12-17)29-4/h7-8,10-13,18H,5-6,9,14H2,1-4H3,(H2,24,25,26,27)/t18-/m0/s1. The second-order valence-electron chi connectivity index (χ2n) is 7.32. The van der Waals surface area contributed by atoms with E-state index in [1.165, 1.54) is 5.56 Å². The van der Waals surface area contributed by atoms with E-state index in [0.717, 1.165) is 30.7 Å². The fourth-order valence-corrected chi connectivity index (χ4v) is 3.29. The van der Waals surface area contributed by atoms with E-state index in [0.29, 0.717) is 29.6 Å². The quantitative estimate of drug-likeness (QED) is 0.560. The Labute approximate surface area is 177 Å². The van der Waals surface area contributed by atoms with Crippen LogP contribution in [0.15, 0.2) is 41.4 Å². The Balaban J connectivity index is 1.82. The van der Waals surface area contributed by atoms with Crippen LogP contribution in [0.5, 0.6) is 11.5 Å². The minimum atomic E-state index is -0.310. The molecule has 2 aromatic rings. The molecule has 3 rings (SSSR count). The number of ether oxygens (including phenoxy) is 3. The largest absolute Gasteiger partial charge is 0.497 e. The van der Waals surface area contributed by atoms with Gasteiger partial charge in [-0.15, -0.1) is 0 Å². The van der Waals surface area contributed by atoms with Crippen molar-refractivity contribution in [3.63, 3.8) is 0 Å². The maximum atomic E-state index is 12.9. The Kier molecular flexibility index (Phi) is 7.30. The van der Waals surface area contributed by atoms with Crippen molar-refractivity contribution in [1.82, 2.24) is 5.32 Å². The first kappa shape index (κ1) is 21.6. The topological polar surface area (TPSA) is 81.2 Å². The van der Waals surface area contributed by atoms with Crippen LogP contribution in [0.1, 0.15) is 34.3 Å². The summed E-state index contributed by atoms with van der Waals surface area (Å²) in [6, 6.07) is 11.1. The average Bonchev–Trinajstić information content (AvgIpc) is 3.27. The number of carbonyl (C=O) groups excluding carboxylic acids is 1. The predicted octanol–water partition coefficient (Wildman–Crippen LogP) is 3.70. The molecule has 1 amide bonds. The molecule has 0 saturated carbocycles. The van der Waals surface area contributed by atoms with Crippen LogP contribution < -0.4 is 20.1 Å². The molecule has 1 saturated heterocycles. The number of carbonyl (C=O) groups is 1. The summed E-state index contributed by atoms with van der Waals surface area (Å²) in [6.45, 7) is 5.30. The Morgan fingerprint density at radius 3 is 2.47 bits per heavy atom. The number of aryl methyl sites for hydroxylation is 2. The van der Waals surface area contributed by atoms with Gasteiger partial charge in [0.1, 0.15) is 11.5 Å². The molecule has 7 nitrogen and oxygen atoms in total. The molecule has 2 N–H and O–H groups in total. The van der Waals surface area contributed by atoms with Crippen molar-refractivity contribution < 1.29 is 19.0 Å². The van der Waals surface area contributed by atoms with Crippen LogP contribution in [0, 0.1) is 13.8 Å². The number of hydrogen-bond donors (Lipinski definition) is 2. The van der Waals surface area contributed by atoms with Crippen molar-refractivity contribution >= 4 is 17.6 Å². The molecule has 1 fully saturated rings. The zero-order valence-corrected chi connectivity index (χ0v) is 18.0. The monoisotopic (exact) mass is 411 g/mol. The summed E-state index contributed by atoms with van der Waals surface area (Å²) >= 11 is 0. The fourth-order valence-electron chi connectivity index (χ4n) is 3.29. The van der Waals surface area contributed by atoms with E-state index in [4.69, 9.17) is 14.2 Å². The van der Waals surface area contributed by atoms with Gasteiger partial charge in [-0.3, -0.25) is 10.1 Å². The maximum absolute atomic E-state index is 12.9. The van der Waals surface area contributed by atoms with Crippen molar-refractivity contribution in [2.45, 2.75) is 32.8 Å². The summed E-state index contributed by atoms with van der Waals surface area (Å²) in [6.07, 6.45) is 2.09. The number of anilines is 1. The zero-order valence-electron chi connectivity index (χ0n) is 18.0. The van der Waals surface area contributed by atoms with Crippen molar-refractivity contribution in [2.75, 3.05) is 32.7 Å². The van der Waals surface area contributed by atoms with Gasteiger partial charge in [-0.1, -0.05) is 17.7 Å². The van der Waals surface area contributed by atoms with E-state index < -0.39 is 0 Å². The first-order valence-corrected chi connectivity index (χ1v) is 10.0. The van der Waals surface area contributed by atoms with Gasteiger partial charge < -0.3 is 19.5 Å². The predicted molar refractivity (Wildman–Crippen MR) is 118 cm³/mol. The molecule has 160 valence electrons. The minimum Gasteiger partial charge on any atom is -0.497 e. The SMILES string of the molecule is COc1cc(OC)cc(C(=O)NC(=NC[C@@H]2CCCO2)Nc2ccc(C)cc2C)c1. The van der Waals surface area contributed by atoms with Crippen LogP contribution >= 0.6 is 0 Å². The molecule has 0 spiro atoms. The lowest BCUT2D eigenvalue weighted by molar-refractivity contribution is 0.0975. The van der Waals surface area contributed by atoms with Crippen LogP contribution in [0.3, 0.4) is 0 Å². The molecule has 1 aliphatic rings. The van der Waals surface area contributed by atoms with E-state index in [-0.39, 0.29) is 12.0 Å². The van der Waals surface area contributed by atoms with Gasteiger partial charge in [0.15, 0.2) is 0 Å². The molecule has 0 radical (unpaired) electrons. The van der Waals surface area contributed by atoms with E-state index >= 15 is 0 Å². The highest BCUT2D eigenvalue weighted by Gasteiger charge is 2.17. The number of methoxy groups -OCH3 is 2. The van der Waals surface area contributed by atoms with Crippen molar-refractivity contribution in [1.29, 1.82) is 0 Å². The van der Waals surface area contributed by atoms with E-state index in [1.54, 1.807) is 32.4 Å². The molecule has 0 aromatic heterocycles. The molecular formula is C23H29N3O4. The maximum Gasteiger partial charge on any atom is 0.258 e. The molecule has 0 aliphatic carbocycles. The van der Waals surface area contributed by atoms with Gasteiger partial charge in [-0.25, -0.2) is 4.99 Å². The molecule has 1 atom stereocenters. The van der Waals surface area contributed by atoms with Crippen LogP contribution in [-0.4, -0.2) is 45.3 Å². The third-order valence-corrected chi connectivity index (χ3v) is 4.96.